The topological polar surface area (TPSA) is 371 Å². The Hall–Kier alpha value is -9.90. The number of aliphatic hydroxyl groups excluding tert-OH is 8. The van der Waals surface area contributed by atoms with Crippen LogP contribution in [0.1, 0.15) is 49.9 Å². The second kappa shape index (κ2) is 15.6. The number of rotatable bonds is 8. The van der Waals surface area contributed by atoms with Crippen molar-refractivity contribution in [2.24, 2.45) is 0 Å². The predicted octanol–water partition coefficient (Wildman–Crippen LogP) is 9.11. The van der Waals surface area contributed by atoms with Gasteiger partial charge in [0.1, 0.15) is 11.4 Å². The van der Waals surface area contributed by atoms with Crippen molar-refractivity contribution in [2.45, 2.75) is 44.6 Å². The smallest absolute Gasteiger partial charge is 0.214 e. The van der Waals surface area contributed by atoms with E-state index in [4.69, 9.17) is 6.42 Å². The molecular formula is C52H44N2O18. The fourth-order valence-corrected chi connectivity index (χ4v) is 10.1. The summed E-state index contributed by atoms with van der Waals surface area (Å²) in [6.45, 7) is 6.75. The van der Waals surface area contributed by atoms with Crippen molar-refractivity contribution in [3.63, 3.8) is 0 Å². The van der Waals surface area contributed by atoms with E-state index in [0.717, 1.165) is 27.2 Å². The summed E-state index contributed by atoms with van der Waals surface area (Å²) < 4.78 is 0. The normalized spacial score (nSPS) is 15.9. The zero-order valence-corrected chi connectivity index (χ0v) is 38.1. The van der Waals surface area contributed by atoms with Crippen molar-refractivity contribution in [1.82, 2.24) is 0 Å². The number of aromatic hydroxyl groups is 10. The van der Waals surface area contributed by atoms with Crippen molar-refractivity contribution in [1.29, 1.82) is 0 Å². The van der Waals surface area contributed by atoms with Crippen LogP contribution in [0.25, 0.3) is 33.0 Å². The van der Waals surface area contributed by atoms with Crippen LogP contribution in [0.3, 0.4) is 0 Å². The van der Waals surface area contributed by atoms with E-state index >= 15 is 0 Å². The van der Waals surface area contributed by atoms with Gasteiger partial charge in [-0.3, -0.25) is 4.90 Å². The highest BCUT2D eigenvalue weighted by Crippen LogP contribution is 2.65. The first-order valence-electron chi connectivity index (χ1n) is 21.5. The van der Waals surface area contributed by atoms with Crippen LogP contribution in [-0.4, -0.2) is 105 Å². The van der Waals surface area contributed by atoms with Crippen LogP contribution in [0, 0.1) is 12.3 Å². The molecule has 0 radical (unpaired) electrons. The lowest BCUT2D eigenvalue weighted by atomic mass is 9.79. The summed E-state index contributed by atoms with van der Waals surface area (Å²) in [6.07, 6.45) is 5.16. The Morgan fingerprint density at radius 2 is 0.958 bits per heavy atom. The predicted molar refractivity (Wildman–Crippen MR) is 260 cm³/mol. The Morgan fingerprint density at radius 1 is 0.514 bits per heavy atom. The number of terminal acetylenes is 1. The van der Waals surface area contributed by atoms with Crippen LogP contribution in [0.15, 0.2) is 107 Å². The molecule has 20 nitrogen and oxygen atoms in total. The fourth-order valence-electron chi connectivity index (χ4n) is 10.1. The summed E-state index contributed by atoms with van der Waals surface area (Å²) in [5, 5.41) is 194. The second-order valence-corrected chi connectivity index (χ2v) is 18.4. The lowest BCUT2D eigenvalue weighted by Gasteiger charge is -2.33. The van der Waals surface area contributed by atoms with Crippen LogP contribution in [-0.2, 0) is 10.8 Å². The number of allylic oxidation sites excluding steroid dienone is 1. The molecule has 3 aliphatic carbocycles. The Morgan fingerprint density at radius 3 is 1.47 bits per heavy atom. The molecule has 0 amide bonds. The maximum atomic E-state index is 11.2. The minimum atomic E-state index is -1.78. The number of benzene rings is 6. The first kappa shape index (κ1) is 47.2. The van der Waals surface area contributed by atoms with Crippen molar-refractivity contribution in [3.05, 3.63) is 129 Å². The first-order chi connectivity index (χ1) is 33.7. The number of phenols is 10. The van der Waals surface area contributed by atoms with E-state index in [1.807, 2.05) is 39.8 Å². The van der Waals surface area contributed by atoms with Crippen molar-refractivity contribution >= 4 is 33.5 Å². The minimum Gasteiger partial charge on any atom is -0.507 e. The van der Waals surface area contributed by atoms with Crippen LogP contribution in [0.2, 0.25) is 0 Å². The van der Waals surface area contributed by atoms with Crippen LogP contribution in [0.4, 0.5) is 22.7 Å². The highest BCUT2D eigenvalue weighted by molar-refractivity contribution is 6.09. The van der Waals surface area contributed by atoms with Gasteiger partial charge in [-0.25, -0.2) is 0 Å². The molecule has 370 valence electrons. The maximum absolute atomic E-state index is 11.2. The highest BCUT2D eigenvalue weighted by Gasteiger charge is 2.46. The third-order valence-corrected chi connectivity index (χ3v) is 13.9. The summed E-state index contributed by atoms with van der Waals surface area (Å²) in [5.41, 5.74) is 1.80. The third-order valence-electron chi connectivity index (χ3n) is 13.9. The Bertz CT molecular complexity index is 3480. The SMILES string of the molecule is C#C/C(O)=C(O)\C(O)=C(\O)CN(c1cc2c(c3ccccc13)-c1cc3c(cc1C2(C)C)-c1ccc(N(c2c(O)c(O)c(O)c(O)c2O)c2c(O)c(O)c(O)c(O)c2O)cc1C3(C)C)C1C(O)=C(O)C(O)=C1O. The molecule has 0 fully saturated rings. The van der Waals surface area contributed by atoms with Gasteiger partial charge in [-0.2, -0.15) is 0 Å². The van der Waals surface area contributed by atoms with Gasteiger partial charge in [-0.15, -0.1) is 6.42 Å². The van der Waals surface area contributed by atoms with E-state index in [1.165, 1.54) is 12.1 Å². The molecule has 9 rings (SSSR count). The van der Waals surface area contributed by atoms with E-state index in [0.29, 0.717) is 37.9 Å². The monoisotopic (exact) mass is 984 g/mol. The van der Waals surface area contributed by atoms with Gasteiger partial charge in [0.2, 0.25) is 63.3 Å². The van der Waals surface area contributed by atoms with Gasteiger partial charge in [0.15, 0.2) is 46.3 Å². The molecule has 0 heterocycles. The Labute approximate surface area is 406 Å². The Kier molecular flexibility index (Phi) is 10.2. The number of phenolic OH excluding ortho intramolecular Hbond substituents is 10. The van der Waals surface area contributed by atoms with Crippen molar-refractivity contribution in [2.75, 3.05) is 16.3 Å². The molecule has 0 aromatic heterocycles. The van der Waals surface area contributed by atoms with Crippen molar-refractivity contribution < 1.29 is 91.9 Å². The van der Waals surface area contributed by atoms with Gasteiger partial charge in [0, 0.05) is 27.6 Å². The number of anilines is 4. The van der Waals surface area contributed by atoms with Gasteiger partial charge >= 0.3 is 0 Å². The maximum Gasteiger partial charge on any atom is 0.214 e. The summed E-state index contributed by atoms with van der Waals surface area (Å²) in [4.78, 5) is 1.81. The summed E-state index contributed by atoms with van der Waals surface area (Å²) in [5.74, 6) is -20.2. The summed E-state index contributed by atoms with van der Waals surface area (Å²) in [7, 11) is 0. The van der Waals surface area contributed by atoms with E-state index in [-0.39, 0.29) is 11.4 Å². The molecule has 6 aromatic rings. The second-order valence-electron chi connectivity index (χ2n) is 18.4. The lowest BCUT2D eigenvalue weighted by molar-refractivity contribution is 0.257. The van der Waals surface area contributed by atoms with Crippen LogP contribution >= 0.6 is 0 Å². The largest absolute Gasteiger partial charge is 0.507 e. The minimum absolute atomic E-state index is 0.153. The standard InChI is InChI=1S/C52H44N2O18/c1-6-29(55)35(57)36(58)30(56)17-53(32-37(59)43(65)44(66)38(32)60)28-16-27-31(21-10-8-7-9-20(21)28)23-15-25-22(14-26(23)52(27,4)5)19-12-11-18(13-24(19)51(25,2)3)54(33-39(61)45(67)49(71)46(68)40(33)62)34-41(63)47(69)50(72)48(70)42(34)64/h1,7-16,32,55-72H,17H2,2-5H3/b35-29-,36-30-. The molecule has 0 unspecified atom stereocenters. The van der Waals surface area contributed by atoms with Gasteiger partial charge < -0.3 is 96.8 Å². The van der Waals surface area contributed by atoms with Crippen LogP contribution < -0.4 is 9.80 Å². The molecular weight excluding hydrogens is 941 g/mol. The molecule has 72 heavy (non-hydrogen) atoms. The van der Waals surface area contributed by atoms with E-state index in [9.17, 15) is 91.9 Å². The molecule has 0 bridgehead atoms. The van der Waals surface area contributed by atoms with Crippen LogP contribution in [0.5, 0.6) is 57.5 Å². The molecule has 20 heteroatoms. The summed E-state index contributed by atoms with van der Waals surface area (Å²) >= 11 is 0. The molecule has 0 atom stereocenters. The lowest BCUT2D eigenvalue weighted by Crippen LogP contribution is -2.39. The van der Waals surface area contributed by atoms with E-state index in [2.05, 4.69) is 0 Å². The van der Waals surface area contributed by atoms with Gasteiger partial charge in [0.05, 0.1) is 6.54 Å². The fraction of sp³-hybridized carbons (Fsp3) is 0.154. The van der Waals surface area contributed by atoms with E-state index in [1.54, 1.807) is 42.3 Å². The molecule has 0 spiro atoms. The zero-order chi connectivity index (χ0) is 52.7. The van der Waals surface area contributed by atoms with Gasteiger partial charge in [-0.1, -0.05) is 58.0 Å². The number of nitrogens with zero attached hydrogens (tertiary/aromatic N) is 2. The molecule has 6 aromatic carbocycles. The van der Waals surface area contributed by atoms with Gasteiger partial charge in [-0.05, 0) is 86.1 Å². The summed E-state index contributed by atoms with van der Waals surface area (Å²) in [6, 6.07) is 15.3. The average Bonchev–Trinajstić information content (AvgIpc) is 3.81. The molecule has 0 aliphatic heterocycles. The molecule has 0 saturated heterocycles. The quantitative estimate of drug-likeness (QED) is 0.0222. The molecule has 18 N–H and O–H groups in total. The number of hydrogen-bond donors (Lipinski definition) is 18. The number of aliphatic hydroxyl groups is 8. The zero-order valence-electron chi connectivity index (χ0n) is 38.1. The van der Waals surface area contributed by atoms with E-state index < -0.39 is 138 Å². The first-order valence-corrected chi connectivity index (χ1v) is 21.5. The Balaban J connectivity index is 1.24. The third kappa shape index (κ3) is 6.19. The van der Waals surface area contributed by atoms with Gasteiger partial charge in [0.25, 0.3) is 0 Å². The average molecular weight is 985 g/mol. The number of hydrogen-bond acceptors (Lipinski definition) is 20. The highest BCUT2D eigenvalue weighted by atomic mass is 16.4. The molecule has 0 saturated carbocycles. The van der Waals surface area contributed by atoms with Crippen molar-refractivity contribution in [3.8, 4) is 92.1 Å². The number of fused-ring (bicyclic) bond motifs is 8. The molecule has 3 aliphatic rings.